The topological polar surface area (TPSA) is 125 Å². The van der Waals surface area contributed by atoms with Gasteiger partial charge in [-0.1, -0.05) is 0 Å². The maximum Gasteiger partial charge on any atom is 0.465 e. The Morgan fingerprint density at radius 3 is 2.50 bits per heavy atom. The third-order valence-corrected chi connectivity index (χ3v) is 9.49. The Morgan fingerprint density at radius 2 is 1.93 bits per heavy atom. The number of halogens is 5. The third kappa shape index (κ3) is 3.50. The van der Waals surface area contributed by atoms with Crippen molar-refractivity contribution in [2.45, 2.75) is 42.2 Å². The fraction of sp³-hybridized carbons (Fsp3) is 0.467. The second-order valence-electron chi connectivity index (χ2n) is 6.70. The van der Waals surface area contributed by atoms with Gasteiger partial charge >= 0.3 is 27.3 Å². The Bertz CT molecular complexity index is 1080. The van der Waals surface area contributed by atoms with E-state index in [9.17, 15) is 26.8 Å². The van der Waals surface area contributed by atoms with Crippen molar-refractivity contribution >= 4 is 89.8 Å². The molecule has 4 unspecified atom stereocenters. The number of hydrogen-bond acceptors (Lipinski definition) is 8. The van der Waals surface area contributed by atoms with E-state index < -0.39 is 51.4 Å². The monoisotopic (exact) mass is 784 g/mol. The van der Waals surface area contributed by atoms with E-state index in [0.29, 0.717) is 12.9 Å². The first-order valence-electron chi connectivity index (χ1n) is 8.08. The summed E-state index contributed by atoms with van der Waals surface area (Å²) in [5.74, 6) is -4.23. The van der Waals surface area contributed by atoms with E-state index in [0.717, 1.165) is 3.57 Å². The molecule has 0 amide bonds. The molecule has 1 spiro atoms. The van der Waals surface area contributed by atoms with Gasteiger partial charge in [-0.05, 0) is 73.8 Å². The van der Waals surface area contributed by atoms with E-state index in [1.54, 1.807) is 6.07 Å². The van der Waals surface area contributed by atoms with E-state index in [2.05, 4.69) is 27.3 Å². The lowest BCUT2D eigenvalue weighted by molar-refractivity contribution is -0.192. The molecule has 0 radical (unpaired) electrons. The zero-order valence-electron chi connectivity index (χ0n) is 14.2. The first-order chi connectivity index (χ1) is 13.8. The molecule has 3 aliphatic rings. The number of hydrogen-bond donors (Lipinski definition) is 1. The highest BCUT2D eigenvalue weighted by Gasteiger charge is 2.65. The van der Waals surface area contributed by atoms with Crippen molar-refractivity contribution in [3.05, 3.63) is 22.3 Å². The molecule has 15 heteroatoms. The van der Waals surface area contributed by atoms with Crippen LogP contribution in [0.2, 0.25) is 0 Å². The molecular weight excluding hydrogens is 775 g/mol. The van der Waals surface area contributed by atoms with Crippen LogP contribution < -0.4 is 4.74 Å². The first kappa shape index (κ1) is 23.1. The lowest BCUT2D eigenvalue weighted by Gasteiger charge is -2.40. The highest BCUT2D eigenvalue weighted by atomic mass is 127. The first-order valence-corrected chi connectivity index (χ1v) is 12.8. The Balaban J connectivity index is 1.56. The number of alkyl halides is 2. The van der Waals surface area contributed by atoms with E-state index >= 15 is 0 Å². The summed E-state index contributed by atoms with van der Waals surface area (Å²) >= 11 is 6.12. The minimum absolute atomic E-state index is 0.115. The van der Waals surface area contributed by atoms with E-state index in [-0.39, 0.29) is 18.4 Å². The SMILES string of the molecule is O=C1OC2(CC3OC2CC3OC(=O)C(F)(F)S(=O)(=O)O)Oc2c(I)c(I)cc(I)c21. The molecule has 1 N–H and O–H groups in total. The normalized spacial score (nSPS) is 30.1. The lowest BCUT2D eigenvalue weighted by atomic mass is 9.90. The predicted octanol–water partition coefficient (Wildman–Crippen LogP) is 2.70. The molecular formula is C15H9F2I3O9S. The molecule has 1 aromatic rings. The summed E-state index contributed by atoms with van der Waals surface area (Å²) in [6.45, 7) is 0. The maximum atomic E-state index is 13.5. The minimum atomic E-state index is -5.98. The van der Waals surface area contributed by atoms with Crippen LogP contribution in [0.25, 0.3) is 0 Å². The van der Waals surface area contributed by atoms with Gasteiger partial charge in [0.05, 0.1) is 9.99 Å². The number of benzene rings is 1. The quantitative estimate of drug-likeness (QED) is 0.213. The highest BCUT2D eigenvalue weighted by molar-refractivity contribution is 14.1. The van der Waals surface area contributed by atoms with Crippen LogP contribution in [0.15, 0.2) is 6.07 Å². The fourth-order valence-corrected chi connectivity index (χ4v) is 6.23. The molecule has 4 rings (SSSR count). The van der Waals surface area contributed by atoms with Gasteiger partial charge in [0.2, 0.25) is 0 Å². The molecule has 4 atom stereocenters. The Kier molecular flexibility index (Phi) is 5.73. The summed E-state index contributed by atoms with van der Waals surface area (Å²) in [6.07, 6.45) is -3.40. The average Bonchev–Trinajstić information content (AvgIpc) is 3.15. The number of fused-ring (bicyclic) bond motifs is 4. The minimum Gasteiger partial charge on any atom is -0.454 e. The number of ether oxygens (including phenoxy) is 4. The van der Waals surface area contributed by atoms with E-state index in [1.807, 2.05) is 45.2 Å². The second kappa shape index (κ2) is 7.45. The van der Waals surface area contributed by atoms with Gasteiger partial charge in [0.1, 0.15) is 23.9 Å². The van der Waals surface area contributed by atoms with Crippen LogP contribution in [0, 0.1) is 10.7 Å². The van der Waals surface area contributed by atoms with Crippen LogP contribution in [0.3, 0.4) is 0 Å². The Morgan fingerprint density at radius 1 is 1.27 bits per heavy atom. The molecule has 2 fully saturated rings. The molecule has 164 valence electrons. The second-order valence-corrected chi connectivity index (χ2v) is 11.6. The summed E-state index contributed by atoms with van der Waals surface area (Å²) in [5.41, 5.74) is 0.268. The number of carbonyl (C=O) groups is 2. The number of esters is 2. The third-order valence-electron chi connectivity index (χ3n) is 4.87. The Hall–Kier alpha value is -0.120. The molecule has 0 saturated carbocycles. The van der Waals surface area contributed by atoms with Crippen molar-refractivity contribution in [2.75, 3.05) is 0 Å². The van der Waals surface area contributed by atoms with Crippen LogP contribution >= 0.6 is 67.8 Å². The molecule has 1 aromatic carbocycles. The van der Waals surface area contributed by atoms with Crippen LogP contribution in [0.1, 0.15) is 23.2 Å². The highest BCUT2D eigenvalue weighted by Crippen LogP contribution is 2.51. The molecule has 0 aliphatic carbocycles. The van der Waals surface area contributed by atoms with Crippen molar-refractivity contribution in [3.63, 3.8) is 0 Å². The number of rotatable bonds is 3. The van der Waals surface area contributed by atoms with Gasteiger partial charge in [0.25, 0.3) is 5.79 Å². The standard InChI is InChI=1S/C15H9F2I3O9S/c16-15(17,30(23,24)25)13(22)27-6-2-8-14(3-7(6)26-8)28-11-9(12(21)29-14)4(18)1-5(19)10(11)20/h1,6-8H,2-3H2,(H,23,24,25). The van der Waals surface area contributed by atoms with E-state index in [4.69, 9.17) is 18.8 Å². The van der Waals surface area contributed by atoms with Crippen LogP contribution in [0.4, 0.5) is 8.78 Å². The molecule has 2 bridgehead atoms. The maximum absolute atomic E-state index is 13.5. The Labute approximate surface area is 208 Å². The molecule has 0 aromatic heterocycles. The van der Waals surface area contributed by atoms with Gasteiger partial charge in [-0.3, -0.25) is 4.55 Å². The van der Waals surface area contributed by atoms with Gasteiger partial charge in [-0.25, -0.2) is 9.59 Å². The van der Waals surface area contributed by atoms with Crippen molar-refractivity contribution in [2.24, 2.45) is 0 Å². The van der Waals surface area contributed by atoms with Gasteiger partial charge in [-0.2, -0.15) is 17.2 Å². The van der Waals surface area contributed by atoms with Crippen LogP contribution in [0.5, 0.6) is 5.75 Å². The smallest absolute Gasteiger partial charge is 0.454 e. The summed E-state index contributed by atoms with van der Waals surface area (Å²) < 4.78 is 80.8. The van der Waals surface area contributed by atoms with E-state index in [1.165, 1.54) is 0 Å². The van der Waals surface area contributed by atoms with Crippen molar-refractivity contribution < 1.29 is 50.3 Å². The molecule has 2 saturated heterocycles. The summed E-state index contributed by atoms with van der Waals surface area (Å²) in [4.78, 5) is 24.2. The fourth-order valence-electron chi connectivity index (χ4n) is 3.50. The van der Waals surface area contributed by atoms with Gasteiger partial charge in [0.15, 0.2) is 5.75 Å². The van der Waals surface area contributed by atoms with Crippen LogP contribution in [-0.2, 0) is 29.1 Å². The molecule has 3 heterocycles. The lowest BCUT2D eigenvalue weighted by Crippen LogP contribution is -2.55. The van der Waals surface area contributed by atoms with Gasteiger partial charge < -0.3 is 18.9 Å². The summed E-state index contributed by atoms with van der Waals surface area (Å²) in [7, 11) is -5.98. The summed E-state index contributed by atoms with van der Waals surface area (Å²) in [5, 5.41) is -5.11. The predicted molar refractivity (Wildman–Crippen MR) is 118 cm³/mol. The van der Waals surface area contributed by atoms with Crippen molar-refractivity contribution in [1.82, 2.24) is 0 Å². The zero-order chi connectivity index (χ0) is 22.2. The average molecular weight is 784 g/mol. The molecule has 30 heavy (non-hydrogen) atoms. The van der Waals surface area contributed by atoms with Crippen molar-refractivity contribution in [3.8, 4) is 5.75 Å². The van der Waals surface area contributed by atoms with Gasteiger partial charge in [0, 0.05) is 13.6 Å². The molecule has 9 nitrogen and oxygen atoms in total. The zero-order valence-corrected chi connectivity index (χ0v) is 21.5. The van der Waals surface area contributed by atoms with Crippen molar-refractivity contribution in [1.29, 1.82) is 0 Å². The van der Waals surface area contributed by atoms with Gasteiger partial charge in [-0.15, -0.1) is 0 Å². The summed E-state index contributed by atoms with van der Waals surface area (Å²) in [6, 6.07) is 1.80. The largest absolute Gasteiger partial charge is 0.465 e. The number of carbonyl (C=O) groups excluding carboxylic acids is 2. The van der Waals surface area contributed by atoms with Crippen LogP contribution in [-0.4, -0.2) is 54.3 Å². The molecule has 3 aliphatic heterocycles.